The molecule has 0 unspecified atom stereocenters. The maximum absolute atomic E-state index is 12.7. The number of morpholine rings is 1. The average molecular weight is 304 g/mol. The first-order chi connectivity index (χ1) is 10.5. The van der Waals surface area contributed by atoms with Gasteiger partial charge in [0.2, 0.25) is 5.91 Å². The lowest BCUT2D eigenvalue weighted by molar-refractivity contribution is -0.158. The van der Waals surface area contributed by atoms with Crippen molar-refractivity contribution in [3.05, 3.63) is 23.9 Å². The van der Waals surface area contributed by atoms with Crippen LogP contribution in [0, 0.1) is 0 Å². The quantitative estimate of drug-likeness (QED) is 0.844. The highest BCUT2D eigenvalue weighted by Gasteiger charge is 2.45. The van der Waals surface area contributed by atoms with E-state index in [1.54, 1.807) is 42.2 Å². The number of anilines is 1. The van der Waals surface area contributed by atoms with Crippen molar-refractivity contribution in [2.45, 2.75) is 12.0 Å². The van der Waals surface area contributed by atoms with Gasteiger partial charge in [0, 0.05) is 26.8 Å². The highest BCUT2D eigenvalue weighted by Crippen LogP contribution is 2.30. The van der Waals surface area contributed by atoms with Gasteiger partial charge in [-0.25, -0.2) is 4.98 Å². The highest BCUT2D eigenvalue weighted by molar-refractivity contribution is 5.98. The van der Waals surface area contributed by atoms with Gasteiger partial charge in [0.25, 0.3) is 5.91 Å². The summed E-state index contributed by atoms with van der Waals surface area (Å²) in [6.45, 7) is 1.75. The molecular formula is C15H20N4O3. The van der Waals surface area contributed by atoms with Crippen LogP contribution in [0.5, 0.6) is 0 Å². The molecule has 2 saturated heterocycles. The Morgan fingerprint density at radius 2 is 2.27 bits per heavy atom. The molecule has 1 aromatic rings. The summed E-state index contributed by atoms with van der Waals surface area (Å²) in [5.41, 5.74) is 0.127. The van der Waals surface area contributed by atoms with E-state index in [9.17, 15) is 9.59 Å². The zero-order valence-corrected chi connectivity index (χ0v) is 12.8. The Morgan fingerprint density at radius 1 is 1.45 bits per heavy atom. The fraction of sp³-hybridized carbons (Fsp3) is 0.533. The molecule has 0 aliphatic carbocycles. The summed E-state index contributed by atoms with van der Waals surface area (Å²) in [5, 5.41) is 2.94. The topological polar surface area (TPSA) is 74.8 Å². The largest absolute Gasteiger partial charge is 0.372 e. The van der Waals surface area contributed by atoms with Crippen LogP contribution in [-0.4, -0.2) is 72.5 Å². The summed E-state index contributed by atoms with van der Waals surface area (Å²) in [4.78, 5) is 31.9. The monoisotopic (exact) mass is 304 g/mol. The minimum atomic E-state index is -0.430. The SMILES string of the molecule is CNc1ncccc1C(=O)N1CC[C@@]2(CN(C)C(=O)CO2)C1. The first-order valence-corrected chi connectivity index (χ1v) is 7.35. The van der Waals surface area contributed by atoms with Gasteiger partial charge >= 0.3 is 0 Å². The molecule has 0 aromatic carbocycles. The number of nitrogens with one attached hydrogen (secondary N) is 1. The van der Waals surface area contributed by atoms with Gasteiger partial charge < -0.3 is 19.9 Å². The summed E-state index contributed by atoms with van der Waals surface area (Å²) in [6, 6.07) is 3.52. The van der Waals surface area contributed by atoms with Gasteiger partial charge in [-0.15, -0.1) is 0 Å². The predicted molar refractivity (Wildman–Crippen MR) is 80.6 cm³/mol. The molecule has 1 N–H and O–H groups in total. The molecule has 3 rings (SSSR count). The third-order valence-corrected chi connectivity index (χ3v) is 4.33. The van der Waals surface area contributed by atoms with E-state index < -0.39 is 5.60 Å². The number of likely N-dealkylation sites (tertiary alicyclic amines) is 1. The Balaban J connectivity index is 1.75. The number of aromatic nitrogens is 1. The minimum absolute atomic E-state index is 0.0138. The number of carbonyl (C=O) groups excluding carboxylic acids is 2. The van der Waals surface area contributed by atoms with Crippen molar-refractivity contribution >= 4 is 17.6 Å². The molecule has 22 heavy (non-hydrogen) atoms. The molecule has 3 heterocycles. The fourth-order valence-corrected chi connectivity index (χ4v) is 3.10. The Hall–Kier alpha value is -2.15. The summed E-state index contributed by atoms with van der Waals surface area (Å²) in [6.07, 6.45) is 2.39. The number of pyridine rings is 1. The van der Waals surface area contributed by atoms with Crippen LogP contribution in [0.2, 0.25) is 0 Å². The number of likely N-dealkylation sites (N-methyl/N-ethyl adjacent to an activating group) is 1. The Bertz CT molecular complexity index is 606. The number of rotatable bonds is 2. The Labute approximate surface area is 129 Å². The second kappa shape index (κ2) is 5.57. The number of nitrogens with zero attached hydrogens (tertiary/aromatic N) is 3. The molecule has 118 valence electrons. The number of hydrogen-bond acceptors (Lipinski definition) is 5. The van der Waals surface area contributed by atoms with Gasteiger partial charge in [-0.2, -0.15) is 0 Å². The summed E-state index contributed by atoms with van der Waals surface area (Å²) in [5.74, 6) is 0.503. The Morgan fingerprint density at radius 3 is 3.00 bits per heavy atom. The molecule has 0 radical (unpaired) electrons. The molecule has 7 nitrogen and oxygen atoms in total. The van der Waals surface area contributed by atoms with Crippen LogP contribution in [0.4, 0.5) is 5.82 Å². The standard InChI is InChI=1S/C15H20N4O3/c1-16-13-11(4-3-6-17-13)14(21)19-7-5-15(10-19)9-18(2)12(20)8-22-15/h3-4,6H,5,7-10H2,1-2H3,(H,16,17)/t15-/m1/s1. The van der Waals surface area contributed by atoms with Gasteiger partial charge in [-0.05, 0) is 18.6 Å². The molecule has 7 heteroatoms. The number of carbonyl (C=O) groups is 2. The van der Waals surface area contributed by atoms with Gasteiger partial charge in [0.05, 0.1) is 18.7 Å². The van der Waals surface area contributed by atoms with E-state index in [0.29, 0.717) is 31.0 Å². The molecule has 1 spiro atoms. The summed E-state index contributed by atoms with van der Waals surface area (Å²) < 4.78 is 5.77. The zero-order valence-electron chi connectivity index (χ0n) is 12.8. The van der Waals surface area contributed by atoms with Crippen molar-refractivity contribution in [1.82, 2.24) is 14.8 Å². The van der Waals surface area contributed by atoms with Gasteiger partial charge in [0.15, 0.2) is 0 Å². The summed E-state index contributed by atoms with van der Waals surface area (Å²) in [7, 11) is 3.52. The molecule has 2 fully saturated rings. The third kappa shape index (κ3) is 2.52. The van der Waals surface area contributed by atoms with E-state index in [2.05, 4.69) is 10.3 Å². The molecular weight excluding hydrogens is 284 g/mol. The van der Waals surface area contributed by atoms with Crippen LogP contribution in [0.15, 0.2) is 18.3 Å². The number of ether oxygens (including phenoxy) is 1. The predicted octanol–water partition coefficient (Wildman–Crippen LogP) is 0.197. The van der Waals surface area contributed by atoms with Crippen molar-refractivity contribution in [2.75, 3.05) is 45.7 Å². The van der Waals surface area contributed by atoms with Gasteiger partial charge in [-0.3, -0.25) is 9.59 Å². The van der Waals surface area contributed by atoms with Gasteiger partial charge in [-0.1, -0.05) is 0 Å². The fourth-order valence-electron chi connectivity index (χ4n) is 3.10. The van der Waals surface area contributed by atoms with Crippen LogP contribution in [0.3, 0.4) is 0 Å². The van der Waals surface area contributed by atoms with E-state index in [-0.39, 0.29) is 18.4 Å². The minimum Gasteiger partial charge on any atom is -0.372 e. The smallest absolute Gasteiger partial charge is 0.257 e. The van der Waals surface area contributed by atoms with Crippen molar-refractivity contribution in [2.24, 2.45) is 0 Å². The van der Waals surface area contributed by atoms with E-state index >= 15 is 0 Å². The van der Waals surface area contributed by atoms with E-state index in [4.69, 9.17) is 4.74 Å². The number of amides is 2. The van der Waals surface area contributed by atoms with Crippen molar-refractivity contribution in [1.29, 1.82) is 0 Å². The third-order valence-electron chi connectivity index (χ3n) is 4.33. The van der Waals surface area contributed by atoms with Crippen molar-refractivity contribution in [3.63, 3.8) is 0 Å². The van der Waals surface area contributed by atoms with Crippen LogP contribution in [0.1, 0.15) is 16.8 Å². The lowest BCUT2D eigenvalue weighted by Crippen LogP contribution is -2.54. The molecule has 0 saturated carbocycles. The van der Waals surface area contributed by atoms with Crippen LogP contribution >= 0.6 is 0 Å². The maximum atomic E-state index is 12.7. The van der Waals surface area contributed by atoms with Crippen LogP contribution in [-0.2, 0) is 9.53 Å². The lowest BCUT2D eigenvalue weighted by atomic mass is 10.0. The van der Waals surface area contributed by atoms with Crippen molar-refractivity contribution < 1.29 is 14.3 Å². The maximum Gasteiger partial charge on any atom is 0.257 e. The second-order valence-corrected chi connectivity index (χ2v) is 5.85. The molecule has 2 amide bonds. The lowest BCUT2D eigenvalue weighted by Gasteiger charge is -2.38. The Kier molecular flexibility index (Phi) is 3.74. The highest BCUT2D eigenvalue weighted by atomic mass is 16.5. The average Bonchev–Trinajstić information content (AvgIpc) is 2.94. The molecule has 0 bridgehead atoms. The first kappa shape index (κ1) is 14.8. The number of hydrogen-bond donors (Lipinski definition) is 1. The van der Waals surface area contributed by atoms with Crippen LogP contribution in [0.25, 0.3) is 0 Å². The molecule has 1 aromatic heterocycles. The summed E-state index contributed by atoms with van der Waals surface area (Å²) >= 11 is 0. The second-order valence-electron chi connectivity index (χ2n) is 5.85. The molecule has 2 aliphatic heterocycles. The first-order valence-electron chi connectivity index (χ1n) is 7.35. The van der Waals surface area contributed by atoms with E-state index in [0.717, 1.165) is 6.42 Å². The normalized spacial score (nSPS) is 24.9. The van der Waals surface area contributed by atoms with E-state index in [1.165, 1.54) is 0 Å². The van der Waals surface area contributed by atoms with Crippen molar-refractivity contribution in [3.8, 4) is 0 Å². The zero-order chi connectivity index (χ0) is 15.7. The molecule has 2 aliphatic rings. The van der Waals surface area contributed by atoms with E-state index in [1.807, 2.05) is 0 Å². The van der Waals surface area contributed by atoms with Gasteiger partial charge in [0.1, 0.15) is 18.0 Å². The van der Waals surface area contributed by atoms with Crippen LogP contribution < -0.4 is 5.32 Å². The molecule has 1 atom stereocenters.